The third kappa shape index (κ3) is 2.79. The molecular formula is C14H10ClN5O3. The summed E-state index contributed by atoms with van der Waals surface area (Å²) in [4.78, 5) is 44.5. The second-order valence-electron chi connectivity index (χ2n) is 4.70. The fraction of sp³-hybridized carbons (Fsp3) is 0. The Morgan fingerprint density at radius 2 is 2.00 bits per heavy atom. The lowest BCUT2D eigenvalue weighted by atomic mass is 10.1. The van der Waals surface area contributed by atoms with Gasteiger partial charge in [-0.15, -0.1) is 0 Å². The van der Waals surface area contributed by atoms with Crippen LogP contribution >= 0.6 is 11.6 Å². The van der Waals surface area contributed by atoms with E-state index in [1.807, 2.05) is 0 Å². The van der Waals surface area contributed by atoms with E-state index in [2.05, 4.69) is 20.3 Å². The molecule has 0 unspecified atom stereocenters. The van der Waals surface area contributed by atoms with Gasteiger partial charge in [-0.3, -0.25) is 14.4 Å². The van der Waals surface area contributed by atoms with Crippen LogP contribution in [0.1, 0.15) is 20.7 Å². The van der Waals surface area contributed by atoms with Crippen molar-refractivity contribution in [2.45, 2.75) is 0 Å². The molecule has 2 amide bonds. The Morgan fingerprint density at radius 3 is 2.74 bits per heavy atom. The molecule has 0 fully saturated rings. The van der Waals surface area contributed by atoms with Crippen LogP contribution in [-0.4, -0.2) is 26.8 Å². The normalized spacial score (nSPS) is 10.7. The van der Waals surface area contributed by atoms with E-state index in [0.717, 1.165) is 0 Å². The zero-order valence-corrected chi connectivity index (χ0v) is 12.3. The number of fused-ring (bicyclic) bond motifs is 1. The number of benzene rings is 1. The molecule has 5 N–H and O–H groups in total. The van der Waals surface area contributed by atoms with Gasteiger partial charge in [0.15, 0.2) is 0 Å². The summed E-state index contributed by atoms with van der Waals surface area (Å²) in [6.45, 7) is 0. The molecule has 0 aliphatic heterocycles. The summed E-state index contributed by atoms with van der Waals surface area (Å²) in [6, 6.07) is 4.24. The minimum atomic E-state index is -0.671. The molecule has 23 heavy (non-hydrogen) atoms. The molecule has 0 aliphatic rings. The SMILES string of the molecule is NC(=O)c1cc(Cl)cc(NC(=O)c2c[nH]c3nc[nH]c(=O)c23)c1. The standard InChI is InChI=1S/C14H10ClN5O3/c15-7-1-6(11(16)21)2-8(3-7)20-13(22)9-4-17-12-10(9)14(23)19-5-18-12/h1-5H,(H2,16,21)(H,20,22)(H2,17,18,19,23). The fourth-order valence-electron chi connectivity index (χ4n) is 2.15. The van der Waals surface area contributed by atoms with Gasteiger partial charge in [-0.25, -0.2) is 4.98 Å². The van der Waals surface area contributed by atoms with Crippen molar-refractivity contribution in [3.05, 3.63) is 57.2 Å². The number of amides is 2. The van der Waals surface area contributed by atoms with E-state index in [9.17, 15) is 14.4 Å². The minimum Gasteiger partial charge on any atom is -0.366 e. The van der Waals surface area contributed by atoms with Crippen LogP contribution in [0.3, 0.4) is 0 Å². The number of H-pyrrole nitrogens is 2. The maximum absolute atomic E-state index is 12.4. The van der Waals surface area contributed by atoms with Crippen LogP contribution in [-0.2, 0) is 0 Å². The second kappa shape index (κ2) is 5.58. The molecule has 0 radical (unpaired) electrons. The number of aromatic amines is 2. The van der Waals surface area contributed by atoms with Crippen molar-refractivity contribution in [2.75, 3.05) is 5.32 Å². The van der Waals surface area contributed by atoms with Crippen molar-refractivity contribution < 1.29 is 9.59 Å². The molecule has 0 saturated carbocycles. The van der Waals surface area contributed by atoms with Crippen LogP contribution in [0.25, 0.3) is 11.0 Å². The van der Waals surface area contributed by atoms with Crippen molar-refractivity contribution in [3.8, 4) is 0 Å². The first-order valence-electron chi connectivity index (χ1n) is 6.42. The van der Waals surface area contributed by atoms with Gasteiger partial charge in [0.05, 0.1) is 17.3 Å². The first-order valence-corrected chi connectivity index (χ1v) is 6.80. The largest absolute Gasteiger partial charge is 0.366 e. The van der Waals surface area contributed by atoms with E-state index < -0.39 is 17.4 Å². The summed E-state index contributed by atoms with van der Waals surface area (Å²) in [5, 5.41) is 2.95. The number of carbonyl (C=O) groups excluding carboxylic acids is 2. The number of hydrogen-bond donors (Lipinski definition) is 4. The second-order valence-corrected chi connectivity index (χ2v) is 5.14. The van der Waals surface area contributed by atoms with E-state index >= 15 is 0 Å². The van der Waals surface area contributed by atoms with E-state index in [1.165, 1.54) is 30.7 Å². The van der Waals surface area contributed by atoms with Crippen molar-refractivity contribution >= 4 is 40.1 Å². The van der Waals surface area contributed by atoms with Crippen LogP contribution < -0.4 is 16.6 Å². The third-order valence-corrected chi connectivity index (χ3v) is 3.38. The highest BCUT2D eigenvalue weighted by atomic mass is 35.5. The van der Waals surface area contributed by atoms with Crippen LogP contribution in [0.5, 0.6) is 0 Å². The van der Waals surface area contributed by atoms with E-state index in [-0.39, 0.29) is 27.2 Å². The smallest absolute Gasteiger partial charge is 0.261 e. The van der Waals surface area contributed by atoms with Crippen molar-refractivity contribution in [1.29, 1.82) is 0 Å². The lowest BCUT2D eigenvalue weighted by Gasteiger charge is -2.06. The Bertz CT molecular complexity index is 991. The molecule has 0 atom stereocenters. The van der Waals surface area contributed by atoms with Crippen LogP contribution in [0.2, 0.25) is 5.02 Å². The molecule has 0 spiro atoms. The van der Waals surface area contributed by atoms with Crippen LogP contribution in [0.4, 0.5) is 5.69 Å². The Hall–Kier alpha value is -3.13. The summed E-state index contributed by atoms with van der Waals surface area (Å²) < 4.78 is 0. The van der Waals surface area contributed by atoms with Crippen LogP contribution in [0.15, 0.2) is 35.5 Å². The Balaban J connectivity index is 1.98. The van der Waals surface area contributed by atoms with Gasteiger partial charge in [0.2, 0.25) is 5.91 Å². The molecule has 2 aromatic heterocycles. The number of nitrogens with zero attached hydrogens (tertiary/aromatic N) is 1. The predicted octanol–water partition coefficient (Wildman–Crippen LogP) is 1.26. The first kappa shape index (κ1) is 14.8. The van der Waals surface area contributed by atoms with Crippen LogP contribution in [0, 0.1) is 0 Å². The van der Waals surface area contributed by atoms with E-state index in [4.69, 9.17) is 17.3 Å². The highest BCUT2D eigenvalue weighted by molar-refractivity contribution is 6.31. The van der Waals surface area contributed by atoms with Gasteiger partial charge in [-0.1, -0.05) is 11.6 Å². The molecule has 0 saturated heterocycles. The Morgan fingerprint density at radius 1 is 1.22 bits per heavy atom. The number of halogens is 1. The summed E-state index contributed by atoms with van der Waals surface area (Å²) in [7, 11) is 0. The fourth-order valence-corrected chi connectivity index (χ4v) is 2.39. The molecule has 1 aromatic carbocycles. The number of anilines is 1. The van der Waals surface area contributed by atoms with Gasteiger partial charge in [0, 0.05) is 22.5 Å². The van der Waals surface area contributed by atoms with Gasteiger partial charge in [0.1, 0.15) is 5.65 Å². The third-order valence-electron chi connectivity index (χ3n) is 3.16. The number of nitrogens with one attached hydrogen (secondary N) is 3. The zero-order chi connectivity index (χ0) is 16.6. The Labute approximate surface area is 133 Å². The molecule has 9 heteroatoms. The topological polar surface area (TPSA) is 134 Å². The first-order chi connectivity index (χ1) is 11.0. The Kier molecular flexibility index (Phi) is 3.59. The number of rotatable bonds is 3. The highest BCUT2D eigenvalue weighted by Crippen LogP contribution is 2.20. The van der Waals surface area contributed by atoms with Crippen molar-refractivity contribution in [2.24, 2.45) is 5.73 Å². The average Bonchev–Trinajstić information content (AvgIpc) is 2.92. The molecule has 8 nitrogen and oxygen atoms in total. The summed E-state index contributed by atoms with van der Waals surface area (Å²) in [5.74, 6) is -1.22. The van der Waals surface area contributed by atoms with Crippen molar-refractivity contribution in [3.63, 3.8) is 0 Å². The number of aromatic nitrogens is 3. The molecule has 0 aliphatic carbocycles. The number of hydrogen-bond acceptors (Lipinski definition) is 4. The monoisotopic (exact) mass is 331 g/mol. The maximum Gasteiger partial charge on any atom is 0.261 e. The average molecular weight is 332 g/mol. The maximum atomic E-state index is 12.4. The predicted molar refractivity (Wildman–Crippen MR) is 84.6 cm³/mol. The summed E-state index contributed by atoms with van der Waals surface area (Å²) in [5.41, 5.74) is 5.62. The van der Waals surface area contributed by atoms with E-state index in [0.29, 0.717) is 5.65 Å². The zero-order valence-electron chi connectivity index (χ0n) is 11.5. The van der Waals surface area contributed by atoms with Gasteiger partial charge < -0.3 is 21.0 Å². The molecule has 0 bridgehead atoms. The molecule has 3 rings (SSSR count). The number of nitrogens with two attached hydrogens (primary N) is 1. The lowest BCUT2D eigenvalue weighted by molar-refractivity contribution is 0.0996. The molecular weight excluding hydrogens is 322 g/mol. The molecule has 2 heterocycles. The van der Waals surface area contributed by atoms with E-state index in [1.54, 1.807) is 0 Å². The number of primary amides is 1. The lowest BCUT2D eigenvalue weighted by Crippen LogP contribution is -2.16. The van der Waals surface area contributed by atoms with Gasteiger partial charge in [-0.2, -0.15) is 0 Å². The van der Waals surface area contributed by atoms with Gasteiger partial charge in [0.25, 0.3) is 11.5 Å². The minimum absolute atomic E-state index is 0.120. The van der Waals surface area contributed by atoms with Crippen molar-refractivity contribution in [1.82, 2.24) is 15.0 Å². The summed E-state index contributed by atoms with van der Waals surface area (Å²) in [6.07, 6.45) is 2.61. The molecule has 3 aromatic rings. The highest BCUT2D eigenvalue weighted by Gasteiger charge is 2.16. The molecule has 116 valence electrons. The number of carbonyl (C=O) groups is 2. The van der Waals surface area contributed by atoms with Gasteiger partial charge >= 0.3 is 0 Å². The quantitative estimate of drug-likeness (QED) is 0.574. The summed E-state index contributed by atoms with van der Waals surface area (Å²) >= 11 is 5.89. The van der Waals surface area contributed by atoms with Gasteiger partial charge in [-0.05, 0) is 18.2 Å².